The van der Waals surface area contributed by atoms with E-state index >= 15 is 0 Å². The molecule has 1 aliphatic heterocycles. The van der Waals surface area contributed by atoms with Gasteiger partial charge in [0.1, 0.15) is 0 Å². The standard InChI is InChI=1S/C13H28N2/c1-3-14-9-5-4-6-10-15-11-7-8-13(2)12-15/h13-14H,3-12H2,1-2H3. The molecule has 1 rings (SSSR count). The maximum absolute atomic E-state index is 3.38. The summed E-state index contributed by atoms with van der Waals surface area (Å²) in [6.07, 6.45) is 6.97. The Morgan fingerprint density at radius 2 is 2.13 bits per heavy atom. The number of hydrogen-bond donors (Lipinski definition) is 1. The van der Waals surface area contributed by atoms with E-state index in [0.29, 0.717) is 0 Å². The molecule has 1 fully saturated rings. The van der Waals surface area contributed by atoms with Crippen molar-refractivity contribution >= 4 is 0 Å². The summed E-state index contributed by atoms with van der Waals surface area (Å²) in [5.74, 6) is 0.931. The molecule has 0 saturated carbocycles. The second-order valence-electron chi connectivity index (χ2n) is 4.96. The van der Waals surface area contributed by atoms with E-state index in [-0.39, 0.29) is 0 Å². The lowest BCUT2D eigenvalue weighted by atomic mass is 10.00. The second kappa shape index (κ2) is 8.12. The molecule has 0 aromatic carbocycles. The van der Waals surface area contributed by atoms with Crippen LogP contribution in [0.2, 0.25) is 0 Å². The quantitative estimate of drug-likeness (QED) is 0.652. The predicted molar refractivity (Wildman–Crippen MR) is 67.2 cm³/mol. The first kappa shape index (κ1) is 13.0. The highest BCUT2D eigenvalue weighted by atomic mass is 15.1. The topological polar surface area (TPSA) is 15.3 Å². The molecule has 1 atom stereocenters. The molecular formula is C13H28N2. The summed E-state index contributed by atoms with van der Waals surface area (Å²) >= 11 is 0. The summed E-state index contributed by atoms with van der Waals surface area (Å²) in [6, 6.07) is 0. The van der Waals surface area contributed by atoms with Gasteiger partial charge >= 0.3 is 0 Å². The molecule has 0 spiro atoms. The molecular weight excluding hydrogens is 184 g/mol. The SMILES string of the molecule is CCNCCCCCN1CCCC(C)C1. The molecule has 0 aromatic rings. The molecule has 0 amide bonds. The molecule has 1 unspecified atom stereocenters. The minimum Gasteiger partial charge on any atom is -0.317 e. The van der Waals surface area contributed by atoms with Crippen LogP contribution in [0.5, 0.6) is 0 Å². The monoisotopic (exact) mass is 212 g/mol. The largest absolute Gasteiger partial charge is 0.317 e. The van der Waals surface area contributed by atoms with Crippen LogP contribution in [-0.2, 0) is 0 Å². The number of nitrogens with zero attached hydrogens (tertiary/aromatic N) is 1. The average molecular weight is 212 g/mol. The fraction of sp³-hybridized carbons (Fsp3) is 1.00. The molecule has 1 aliphatic rings. The van der Waals surface area contributed by atoms with Gasteiger partial charge < -0.3 is 10.2 Å². The van der Waals surface area contributed by atoms with Crippen molar-refractivity contribution in [3.8, 4) is 0 Å². The molecule has 1 saturated heterocycles. The zero-order chi connectivity index (χ0) is 10.9. The number of unbranched alkanes of at least 4 members (excludes halogenated alkanes) is 2. The maximum Gasteiger partial charge on any atom is 0.000703 e. The smallest absolute Gasteiger partial charge is 0.000703 e. The number of rotatable bonds is 7. The molecule has 15 heavy (non-hydrogen) atoms. The lowest BCUT2D eigenvalue weighted by molar-refractivity contribution is 0.181. The molecule has 0 aromatic heterocycles. The Bertz CT molecular complexity index is 147. The van der Waals surface area contributed by atoms with Crippen molar-refractivity contribution in [3.05, 3.63) is 0 Å². The lowest BCUT2D eigenvalue weighted by Gasteiger charge is -2.30. The number of piperidine rings is 1. The van der Waals surface area contributed by atoms with Crippen molar-refractivity contribution in [3.63, 3.8) is 0 Å². The minimum absolute atomic E-state index is 0.931. The van der Waals surface area contributed by atoms with E-state index in [1.165, 1.54) is 58.3 Å². The van der Waals surface area contributed by atoms with E-state index in [1.54, 1.807) is 0 Å². The van der Waals surface area contributed by atoms with E-state index in [9.17, 15) is 0 Å². The predicted octanol–water partition coefficient (Wildman–Crippen LogP) is 2.50. The third kappa shape index (κ3) is 6.16. The van der Waals surface area contributed by atoms with Crippen LogP contribution in [0.25, 0.3) is 0 Å². The van der Waals surface area contributed by atoms with Crippen molar-refractivity contribution in [2.24, 2.45) is 5.92 Å². The van der Waals surface area contributed by atoms with E-state index in [1.807, 2.05) is 0 Å². The van der Waals surface area contributed by atoms with Crippen LogP contribution >= 0.6 is 0 Å². The number of nitrogens with one attached hydrogen (secondary N) is 1. The molecule has 2 heteroatoms. The van der Waals surface area contributed by atoms with Gasteiger partial charge in [-0.3, -0.25) is 0 Å². The van der Waals surface area contributed by atoms with E-state index < -0.39 is 0 Å². The molecule has 90 valence electrons. The molecule has 2 nitrogen and oxygen atoms in total. The van der Waals surface area contributed by atoms with Crippen LogP contribution in [0.15, 0.2) is 0 Å². The first-order valence-corrected chi connectivity index (χ1v) is 6.76. The van der Waals surface area contributed by atoms with Gasteiger partial charge in [0.25, 0.3) is 0 Å². The second-order valence-corrected chi connectivity index (χ2v) is 4.96. The van der Waals surface area contributed by atoms with Gasteiger partial charge in [-0.1, -0.05) is 20.3 Å². The van der Waals surface area contributed by atoms with Crippen LogP contribution in [0.1, 0.15) is 46.0 Å². The maximum atomic E-state index is 3.38. The number of hydrogen-bond acceptors (Lipinski definition) is 2. The van der Waals surface area contributed by atoms with Crippen LogP contribution in [-0.4, -0.2) is 37.6 Å². The van der Waals surface area contributed by atoms with Gasteiger partial charge in [0.15, 0.2) is 0 Å². The Morgan fingerprint density at radius 3 is 2.87 bits per heavy atom. The third-order valence-corrected chi connectivity index (χ3v) is 3.32. The van der Waals surface area contributed by atoms with Crippen molar-refractivity contribution in [1.82, 2.24) is 10.2 Å². The summed E-state index contributed by atoms with van der Waals surface area (Å²) in [7, 11) is 0. The fourth-order valence-electron chi connectivity index (χ4n) is 2.43. The van der Waals surface area contributed by atoms with Gasteiger partial charge in [0, 0.05) is 6.54 Å². The van der Waals surface area contributed by atoms with Crippen molar-refractivity contribution in [1.29, 1.82) is 0 Å². The van der Waals surface area contributed by atoms with Crippen molar-refractivity contribution in [2.75, 3.05) is 32.7 Å². The number of likely N-dealkylation sites (tertiary alicyclic amines) is 1. The van der Waals surface area contributed by atoms with Crippen LogP contribution in [0.4, 0.5) is 0 Å². The Kier molecular flexibility index (Phi) is 7.03. The van der Waals surface area contributed by atoms with Crippen molar-refractivity contribution < 1.29 is 0 Å². The third-order valence-electron chi connectivity index (χ3n) is 3.32. The molecule has 1 N–H and O–H groups in total. The Hall–Kier alpha value is -0.0800. The van der Waals surface area contributed by atoms with Crippen LogP contribution in [0, 0.1) is 5.92 Å². The molecule has 0 bridgehead atoms. The van der Waals surface area contributed by atoms with Crippen LogP contribution in [0.3, 0.4) is 0 Å². The van der Waals surface area contributed by atoms with E-state index in [2.05, 4.69) is 24.1 Å². The first-order chi connectivity index (χ1) is 7.33. The summed E-state index contributed by atoms with van der Waals surface area (Å²) in [5.41, 5.74) is 0. The Labute approximate surface area is 95.4 Å². The van der Waals surface area contributed by atoms with Gasteiger partial charge in [-0.15, -0.1) is 0 Å². The van der Waals surface area contributed by atoms with Gasteiger partial charge in [0.05, 0.1) is 0 Å². The normalized spacial score (nSPS) is 23.2. The highest BCUT2D eigenvalue weighted by Gasteiger charge is 2.14. The van der Waals surface area contributed by atoms with Gasteiger partial charge in [-0.2, -0.15) is 0 Å². The highest BCUT2D eigenvalue weighted by Crippen LogP contribution is 2.15. The highest BCUT2D eigenvalue weighted by molar-refractivity contribution is 4.69. The van der Waals surface area contributed by atoms with Crippen molar-refractivity contribution in [2.45, 2.75) is 46.0 Å². The molecule has 1 heterocycles. The average Bonchev–Trinajstić information content (AvgIpc) is 2.23. The van der Waals surface area contributed by atoms with E-state index in [0.717, 1.165) is 12.5 Å². The summed E-state index contributed by atoms with van der Waals surface area (Å²) < 4.78 is 0. The lowest BCUT2D eigenvalue weighted by Crippen LogP contribution is -2.34. The summed E-state index contributed by atoms with van der Waals surface area (Å²) in [4.78, 5) is 2.65. The molecule has 0 radical (unpaired) electrons. The Balaban J connectivity index is 1.90. The van der Waals surface area contributed by atoms with E-state index in [4.69, 9.17) is 0 Å². The zero-order valence-corrected chi connectivity index (χ0v) is 10.6. The fourth-order valence-corrected chi connectivity index (χ4v) is 2.43. The molecule has 0 aliphatic carbocycles. The minimum atomic E-state index is 0.931. The van der Waals surface area contributed by atoms with Gasteiger partial charge in [-0.05, 0) is 57.8 Å². The van der Waals surface area contributed by atoms with Gasteiger partial charge in [-0.25, -0.2) is 0 Å². The Morgan fingerprint density at radius 1 is 1.27 bits per heavy atom. The zero-order valence-electron chi connectivity index (χ0n) is 10.6. The van der Waals surface area contributed by atoms with Crippen LogP contribution < -0.4 is 5.32 Å². The summed E-state index contributed by atoms with van der Waals surface area (Å²) in [6.45, 7) is 10.9. The summed E-state index contributed by atoms with van der Waals surface area (Å²) in [5, 5.41) is 3.38. The van der Waals surface area contributed by atoms with Gasteiger partial charge in [0.2, 0.25) is 0 Å². The first-order valence-electron chi connectivity index (χ1n) is 6.76.